The van der Waals surface area contributed by atoms with Gasteiger partial charge in [0.2, 0.25) is 0 Å². The minimum absolute atomic E-state index is 0.114. The molecule has 1 heterocycles. The molecule has 94 valence electrons. The van der Waals surface area contributed by atoms with Crippen LogP contribution in [0.4, 0.5) is 0 Å². The molecule has 1 aromatic carbocycles. The molecule has 0 atom stereocenters. The summed E-state index contributed by atoms with van der Waals surface area (Å²) in [5.74, 6) is 0. The van der Waals surface area contributed by atoms with Gasteiger partial charge in [-0.25, -0.2) is 4.79 Å². The van der Waals surface area contributed by atoms with Gasteiger partial charge in [-0.15, -0.1) is 0 Å². The summed E-state index contributed by atoms with van der Waals surface area (Å²) in [6.45, 7) is 2.52. The number of aromatic amines is 1. The van der Waals surface area contributed by atoms with Gasteiger partial charge in [-0.2, -0.15) is 0 Å². The summed E-state index contributed by atoms with van der Waals surface area (Å²) < 4.78 is 1.46. The van der Waals surface area contributed by atoms with Gasteiger partial charge < -0.3 is 5.73 Å². The Morgan fingerprint density at radius 2 is 1.94 bits per heavy atom. The first-order chi connectivity index (χ1) is 8.61. The number of rotatable bonds is 3. The third-order valence-electron chi connectivity index (χ3n) is 2.91. The third-order valence-corrected chi connectivity index (χ3v) is 2.91. The second kappa shape index (κ2) is 5.01. The van der Waals surface area contributed by atoms with E-state index in [9.17, 15) is 9.59 Å². The van der Waals surface area contributed by atoms with E-state index in [1.165, 1.54) is 10.8 Å². The molecule has 0 fully saturated rings. The zero-order valence-corrected chi connectivity index (χ0v) is 10.1. The van der Waals surface area contributed by atoms with E-state index < -0.39 is 11.2 Å². The monoisotopic (exact) mass is 245 g/mol. The van der Waals surface area contributed by atoms with Crippen molar-refractivity contribution in [3.8, 4) is 0 Å². The highest BCUT2D eigenvalue weighted by Crippen LogP contribution is 2.07. The van der Waals surface area contributed by atoms with E-state index in [0.29, 0.717) is 12.1 Å². The molecule has 5 heteroatoms. The maximum Gasteiger partial charge on any atom is 0.328 e. The number of hydrogen-bond donors (Lipinski definition) is 2. The quantitative estimate of drug-likeness (QED) is 0.818. The predicted octanol–water partition coefficient (Wildman–Crippen LogP) is 0.352. The molecule has 5 nitrogen and oxygen atoms in total. The van der Waals surface area contributed by atoms with Crippen LogP contribution in [0.15, 0.2) is 40.1 Å². The van der Waals surface area contributed by atoms with Crippen LogP contribution in [0.5, 0.6) is 0 Å². The fourth-order valence-corrected chi connectivity index (χ4v) is 1.79. The topological polar surface area (TPSA) is 80.9 Å². The molecule has 0 saturated heterocycles. The molecular formula is C13H15N3O2. The summed E-state index contributed by atoms with van der Waals surface area (Å²) in [6.07, 6.45) is 1.52. The number of nitrogens with two attached hydrogens (primary N) is 1. The molecule has 0 aliphatic rings. The van der Waals surface area contributed by atoms with Gasteiger partial charge in [-0.05, 0) is 18.1 Å². The summed E-state index contributed by atoms with van der Waals surface area (Å²) in [4.78, 5) is 25.4. The highest BCUT2D eigenvalue weighted by Gasteiger charge is 2.05. The van der Waals surface area contributed by atoms with Crippen molar-refractivity contribution < 1.29 is 0 Å². The van der Waals surface area contributed by atoms with Crippen LogP contribution in [0.1, 0.15) is 16.7 Å². The van der Waals surface area contributed by atoms with Gasteiger partial charge in [-0.3, -0.25) is 14.3 Å². The fourth-order valence-electron chi connectivity index (χ4n) is 1.79. The van der Waals surface area contributed by atoms with E-state index in [1.807, 2.05) is 31.2 Å². The van der Waals surface area contributed by atoms with E-state index in [4.69, 9.17) is 5.73 Å². The summed E-state index contributed by atoms with van der Waals surface area (Å²) in [7, 11) is 0. The van der Waals surface area contributed by atoms with Crippen molar-refractivity contribution in [1.29, 1.82) is 0 Å². The van der Waals surface area contributed by atoms with Gasteiger partial charge in [0.15, 0.2) is 0 Å². The molecule has 0 amide bonds. The largest absolute Gasteiger partial charge is 0.328 e. The molecule has 0 aliphatic heterocycles. The average Bonchev–Trinajstić information content (AvgIpc) is 2.35. The number of aromatic nitrogens is 2. The third kappa shape index (κ3) is 2.41. The second-order valence-corrected chi connectivity index (χ2v) is 4.17. The maximum absolute atomic E-state index is 11.7. The van der Waals surface area contributed by atoms with E-state index in [-0.39, 0.29) is 6.54 Å². The zero-order chi connectivity index (χ0) is 13.1. The molecule has 18 heavy (non-hydrogen) atoms. The Hall–Kier alpha value is -2.14. The van der Waals surface area contributed by atoms with Crippen molar-refractivity contribution in [3.63, 3.8) is 0 Å². The lowest BCUT2D eigenvalue weighted by atomic mass is 10.1. The highest BCUT2D eigenvalue weighted by atomic mass is 16.2. The molecule has 2 aromatic rings. The van der Waals surface area contributed by atoms with Crippen LogP contribution >= 0.6 is 0 Å². The van der Waals surface area contributed by atoms with Crippen LogP contribution in [0.3, 0.4) is 0 Å². The van der Waals surface area contributed by atoms with Gasteiger partial charge in [0.25, 0.3) is 5.56 Å². The normalized spacial score (nSPS) is 10.6. The average molecular weight is 245 g/mol. The van der Waals surface area contributed by atoms with E-state index in [0.717, 1.165) is 11.1 Å². The van der Waals surface area contributed by atoms with Gasteiger partial charge in [-0.1, -0.05) is 24.3 Å². The molecule has 2 rings (SSSR count). The first-order valence-electron chi connectivity index (χ1n) is 5.69. The van der Waals surface area contributed by atoms with Gasteiger partial charge in [0.05, 0.1) is 6.54 Å². The Morgan fingerprint density at radius 1 is 1.22 bits per heavy atom. The van der Waals surface area contributed by atoms with Crippen LogP contribution in [0, 0.1) is 6.92 Å². The molecule has 3 N–H and O–H groups in total. The zero-order valence-electron chi connectivity index (χ0n) is 10.1. The Balaban J connectivity index is 2.44. The standard InChI is InChI=1S/C13H15N3O2/c1-9-4-2-3-5-10(9)7-16-8-11(6-14)12(17)15-13(16)18/h2-5,8H,6-7,14H2,1H3,(H,15,17,18). The van der Waals surface area contributed by atoms with Crippen LogP contribution < -0.4 is 17.0 Å². The first-order valence-corrected chi connectivity index (χ1v) is 5.69. The maximum atomic E-state index is 11.7. The molecule has 0 radical (unpaired) electrons. The Kier molecular flexibility index (Phi) is 3.43. The molecule has 0 aliphatic carbocycles. The molecule has 0 bridgehead atoms. The van der Waals surface area contributed by atoms with Crippen LogP contribution in [0.25, 0.3) is 0 Å². The lowest BCUT2D eigenvalue weighted by Crippen LogP contribution is -2.33. The Morgan fingerprint density at radius 3 is 2.61 bits per heavy atom. The second-order valence-electron chi connectivity index (χ2n) is 4.17. The van der Waals surface area contributed by atoms with Crippen molar-refractivity contribution in [2.45, 2.75) is 20.0 Å². The number of aryl methyl sites for hydroxylation is 1. The minimum atomic E-state index is -0.416. The van der Waals surface area contributed by atoms with E-state index in [1.54, 1.807) is 0 Å². The lowest BCUT2D eigenvalue weighted by Gasteiger charge is -2.09. The summed E-state index contributed by atoms with van der Waals surface area (Å²) >= 11 is 0. The van der Waals surface area contributed by atoms with Crippen molar-refractivity contribution in [2.75, 3.05) is 0 Å². The number of nitrogens with one attached hydrogen (secondary N) is 1. The van der Waals surface area contributed by atoms with Crippen molar-refractivity contribution >= 4 is 0 Å². The Bertz CT molecular complexity index is 670. The Labute approximate surface area is 104 Å². The highest BCUT2D eigenvalue weighted by molar-refractivity contribution is 5.25. The SMILES string of the molecule is Cc1ccccc1Cn1cc(CN)c(=O)[nH]c1=O. The van der Waals surface area contributed by atoms with Crippen LogP contribution in [0.2, 0.25) is 0 Å². The molecule has 1 aromatic heterocycles. The predicted molar refractivity (Wildman–Crippen MR) is 69.5 cm³/mol. The van der Waals surface area contributed by atoms with Crippen molar-refractivity contribution in [1.82, 2.24) is 9.55 Å². The van der Waals surface area contributed by atoms with Crippen molar-refractivity contribution in [3.05, 3.63) is 68.0 Å². The van der Waals surface area contributed by atoms with E-state index >= 15 is 0 Å². The van der Waals surface area contributed by atoms with Gasteiger partial charge in [0, 0.05) is 18.3 Å². The summed E-state index contributed by atoms with van der Waals surface area (Å²) in [5.41, 5.74) is 7.17. The van der Waals surface area contributed by atoms with E-state index in [2.05, 4.69) is 4.98 Å². The number of hydrogen-bond acceptors (Lipinski definition) is 3. The lowest BCUT2D eigenvalue weighted by molar-refractivity contribution is 0.703. The number of benzene rings is 1. The molecule has 0 spiro atoms. The smallest absolute Gasteiger partial charge is 0.326 e. The first kappa shape index (κ1) is 12.3. The summed E-state index contributed by atoms with van der Waals surface area (Å²) in [6, 6.07) is 7.80. The minimum Gasteiger partial charge on any atom is -0.326 e. The molecular weight excluding hydrogens is 230 g/mol. The van der Waals surface area contributed by atoms with Gasteiger partial charge in [0.1, 0.15) is 0 Å². The summed E-state index contributed by atoms with van der Waals surface area (Å²) in [5, 5.41) is 0. The molecule has 0 unspecified atom stereocenters. The number of nitrogens with zero attached hydrogens (tertiary/aromatic N) is 1. The van der Waals surface area contributed by atoms with Gasteiger partial charge >= 0.3 is 5.69 Å². The van der Waals surface area contributed by atoms with Crippen LogP contribution in [-0.4, -0.2) is 9.55 Å². The van der Waals surface area contributed by atoms with Crippen molar-refractivity contribution in [2.24, 2.45) is 5.73 Å². The van der Waals surface area contributed by atoms with Crippen LogP contribution in [-0.2, 0) is 13.1 Å². The fraction of sp³-hybridized carbons (Fsp3) is 0.231. The number of H-pyrrole nitrogens is 1. The molecule has 0 saturated carbocycles.